The summed E-state index contributed by atoms with van der Waals surface area (Å²) in [5.74, 6) is 3.30. The summed E-state index contributed by atoms with van der Waals surface area (Å²) in [5, 5.41) is 8.77. The smallest absolute Gasteiger partial charge is 0.203 e. The van der Waals surface area contributed by atoms with Gasteiger partial charge in [0, 0.05) is 48.6 Å². The van der Waals surface area contributed by atoms with Crippen LogP contribution in [0.2, 0.25) is 0 Å². The average Bonchev–Trinajstić information content (AvgIpc) is 3.47. The van der Waals surface area contributed by atoms with Crippen molar-refractivity contribution in [3.63, 3.8) is 0 Å². The number of aliphatic imine (C=N–C) groups is 1. The van der Waals surface area contributed by atoms with E-state index in [9.17, 15) is 0 Å². The fraction of sp³-hybridized carbons (Fsp3) is 0.318. The van der Waals surface area contributed by atoms with E-state index in [4.69, 9.17) is 23.6 Å². The molecule has 3 aromatic rings. The number of hydrogen-bond donors (Lipinski definition) is 2. The molecule has 0 unspecified atom stereocenters. The van der Waals surface area contributed by atoms with Crippen molar-refractivity contribution in [1.82, 2.24) is 5.32 Å². The summed E-state index contributed by atoms with van der Waals surface area (Å²) in [4.78, 5) is 6.03. The van der Waals surface area contributed by atoms with Crippen LogP contribution in [-0.4, -0.2) is 40.4 Å². The Morgan fingerprint density at radius 3 is 2.43 bits per heavy atom. The number of nitrogens with one attached hydrogen (secondary N) is 2. The summed E-state index contributed by atoms with van der Waals surface area (Å²) in [6.45, 7) is 1.35. The lowest BCUT2D eigenvalue weighted by Crippen LogP contribution is -2.32. The Labute approximate surface area is 180 Å². The number of thiophene rings is 1. The zero-order valence-corrected chi connectivity index (χ0v) is 18.3. The normalized spacial score (nSPS) is 11.2. The van der Waals surface area contributed by atoms with Gasteiger partial charge < -0.3 is 29.3 Å². The third-order valence-corrected chi connectivity index (χ3v) is 5.32. The van der Waals surface area contributed by atoms with E-state index in [1.165, 1.54) is 4.88 Å². The maximum Gasteiger partial charge on any atom is 0.203 e. The largest absolute Gasteiger partial charge is 0.493 e. The molecule has 0 spiro atoms. The third kappa shape index (κ3) is 5.93. The van der Waals surface area contributed by atoms with Crippen molar-refractivity contribution in [3.8, 4) is 17.2 Å². The van der Waals surface area contributed by atoms with Crippen molar-refractivity contribution >= 4 is 23.0 Å². The molecule has 2 heterocycles. The molecule has 160 valence electrons. The second kappa shape index (κ2) is 11.2. The van der Waals surface area contributed by atoms with Crippen LogP contribution in [-0.2, 0) is 12.8 Å². The lowest BCUT2D eigenvalue weighted by atomic mass is 10.2. The molecule has 0 radical (unpaired) electrons. The Balaban J connectivity index is 1.72. The SMILES string of the molecule is COc1cc(NC(=NCCc2cccs2)NCCc2ccco2)cc(OC)c1OC. The first-order valence-corrected chi connectivity index (χ1v) is 10.5. The Bertz CT molecular complexity index is 899. The molecule has 0 fully saturated rings. The van der Waals surface area contributed by atoms with Crippen molar-refractivity contribution in [3.05, 3.63) is 58.7 Å². The Morgan fingerprint density at radius 2 is 1.83 bits per heavy atom. The van der Waals surface area contributed by atoms with E-state index in [0.717, 1.165) is 24.3 Å². The Hall–Kier alpha value is -3.13. The van der Waals surface area contributed by atoms with Gasteiger partial charge in [0.25, 0.3) is 0 Å². The number of methoxy groups -OCH3 is 3. The van der Waals surface area contributed by atoms with Crippen LogP contribution >= 0.6 is 11.3 Å². The maximum atomic E-state index is 5.44. The highest BCUT2D eigenvalue weighted by Gasteiger charge is 2.14. The van der Waals surface area contributed by atoms with Gasteiger partial charge in [0.05, 0.1) is 27.6 Å². The summed E-state index contributed by atoms with van der Waals surface area (Å²) in [6.07, 6.45) is 3.32. The van der Waals surface area contributed by atoms with Gasteiger partial charge in [0.1, 0.15) is 5.76 Å². The van der Waals surface area contributed by atoms with Gasteiger partial charge in [-0.25, -0.2) is 0 Å². The Morgan fingerprint density at radius 1 is 1.03 bits per heavy atom. The molecule has 0 amide bonds. The monoisotopic (exact) mass is 429 g/mol. The minimum Gasteiger partial charge on any atom is -0.493 e. The lowest BCUT2D eigenvalue weighted by Gasteiger charge is -2.17. The Kier molecular flexibility index (Phi) is 8.02. The topological polar surface area (TPSA) is 77.2 Å². The molecular formula is C22H27N3O4S. The van der Waals surface area contributed by atoms with Crippen molar-refractivity contribution in [1.29, 1.82) is 0 Å². The lowest BCUT2D eigenvalue weighted by molar-refractivity contribution is 0.324. The van der Waals surface area contributed by atoms with E-state index >= 15 is 0 Å². The van der Waals surface area contributed by atoms with Crippen LogP contribution < -0.4 is 24.8 Å². The van der Waals surface area contributed by atoms with E-state index in [1.54, 1.807) is 38.9 Å². The van der Waals surface area contributed by atoms with Crippen LogP contribution in [0.4, 0.5) is 5.69 Å². The van der Waals surface area contributed by atoms with Crippen LogP contribution in [0.25, 0.3) is 0 Å². The van der Waals surface area contributed by atoms with Crippen LogP contribution in [0.15, 0.2) is 57.5 Å². The summed E-state index contributed by atoms with van der Waals surface area (Å²) in [7, 11) is 4.78. The number of benzene rings is 1. The number of anilines is 1. The molecule has 3 rings (SSSR count). The standard InChI is InChI=1S/C22H27N3O4S/c1-26-19-14-16(15-20(27-2)21(19)28-3)25-22(23-10-8-17-6-4-12-29-17)24-11-9-18-7-5-13-30-18/h4-7,12-15H,8-11H2,1-3H3,(H2,23,24,25). The summed E-state index contributed by atoms with van der Waals surface area (Å²) < 4.78 is 21.7. The van der Waals surface area contributed by atoms with Gasteiger partial charge in [-0.15, -0.1) is 11.3 Å². The molecule has 1 aromatic carbocycles. The molecule has 30 heavy (non-hydrogen) atoms. The van der Waals surface area contributed by atoms with Crippen LogP contribution in [0.1, 0.15) is 10.6 Å². The second-order valence-electron chi connectivity index (χ2n) is 6.35. The van der Waals surface area contributed by atoms with E-state index in [0.29, 0.717) is 36.3 Å². The fourth-order valence-corrected chi connectivity index (χ4v) is 3.62. The van der Waals surface area contributed by atoms with Gasteiger partial charge in [-0.1, -0.05) is 6.07 Å². The van der Waals surface area contributed by atoms with Crippen LogP contribution in [0.3, 0.4) is 0 Å². The minimum absolute atomic E-state index is 0.549. The molecule has 2 aromatic heterocycles. The number of nitrogens with zero attached hydrogens (tertiary/aromatic N) is 1. The van der Waals surface area contributed by atoms with E-state index in [-0.39, 0.29) is 0 Å². The molecule has 0 atom stereocenters. The van der Waals surface area contributed by atoms with Crippen molar-refractivity contribution < 1.29 is 18.6 Å². The van der Waals surface area contributed by atoms with Gasteiger partial charge in [0.15, 0.2) is 17.5 Å². The van der Waals surface area contributed by atoms with E-state index in [1.807, 2.05) is 24.3 Å². The molecule has 0 aliphatic carbocycles. The third-order valence-electron chi connectivity index (χ3n) is 4.38. The predicted octanol–water partition coefficient (Wildman–Crippen LogP) is 4.21. The van der Waals surface area contributed by atoms with Gasteiger partial charge in [0.2, 0.25) is 5.75 Å². The summed E-state index contributed by atoms with van der Waals surface area (Å²) >= 11 is 1.74. The summed E-state index contributed by atoms with van der Waals surface area (Å²) in [5.41, 5.74) is 0.782. The van der Waals surface area contributed by atoms with Crippen LogP contribution in [0.5, 0.6) is 17.2 Å². The van der Waals surface area contributed by atoms with E-state index < -0.39 is 0 Å². The van der Waals surface area contributed by atoms with Gasteiger partial charge >= 0.3 is 0 Å². The highest BCUT2D eigenvalue weighted by Crippen LogP contribution is 2.39. The maximum absolute atomic E-state index is 5.44. The van der Waals surface area contributed by atoms with Gasteiger partial charge in [-0.05, 0) is 23.6 Å². The zero-order valence-electron chi connectivity index (χ0n) is 17.4. The second-order valence-corrected chi connectivity index (χ2v) is 7.39. The molecular weight excluding hydrogens is 402 g/mol. The molecule has 7 nitrogen and oxygen atoms in total. The molecule has 2 N–H and O–H groups in total. The molecule has 0 bridgehead atoms. The average molecular weight is 430 g/mol. The first-order chi connectivity index (χ1) is 14.7. The quantitative estimate of drug-likeness (QED) is 0.371. The zero-order chi connectivity index (χ0) is 21.2. The first-order valence-electron chi connectivity index (χ1n) is 9.63. The number of furan rings is 1. The number of hydrogen-bond acceptors (Lipinski definition) is 6. The minimum atomic E-state index is 0.549. The molecule has 0 aliphatic heterocycles. The number of ether oxygens (including phenoxy) is 3. The molecule has 0 aliphatic rings. The molecule has 8 heteroatoms. The fourth-order valence-electron chi connectivity index (χ4n) is 2.92. The molecule has 0 saturated heterocycles. The first kappa shape index (κ1) is 21.6. The highest BCUT2D eigenvalue weighted by molar-refractivity contribution is 7.09. The van der Waals surface area contributed by atoms with Gasteiger partial charge in [-0.2, -0.15) is 0 Å². The van der Waals surface area contributed by atoms with Crippen molar-refractivity contribution in [2.75, 3.05) is 39.7 Å². The molecule has 0 saturated carbocycles. The van der Waals surface area contributed by atoms with Gasteiger partial charge in [-0.3, -0.25) is 4.99 Å². The highest BCUT2D eigenvalue weighted by atomic mass is 32.1. The van der Waals surface area contributed by atoms with E-state index in [2.05, 4.69) is 28.1 Å². The number of rotatable bonds is 10. The number of guanidine groups is 1. The van der Waals surface area contributed by atoms with Crippen LogP contribution in [0, 0.1) is 0 Å². The van der Waals surface area contributed by atoms with Crippen molar-refractivity contribution in [2.45, 2.75) is 12.8 Å². The predicted molar refractivity (Wildman–Crippen MR) is 120 cm³/mol. The summed E-state index contributed by atoms with van der Waals surface area (Å²) in [6, 6.07) is 11.7. The van der Waals surface area contributed by atoms with Crippen molar-refractivity contribution in [2.24, 2.45) is 4.99 Å².